The van der Waals surface area contributed by atoms with Gasteiger partial charge in [0.1, 0.15) is 16.4 Å². The van der Waals surface area contributed by atoms with Gasteiger partial charge in [0.2, 0.25) is 15.9 Å². The van der Waals surface area contributed by atoms with Crippen molar-refractivity contribution < 1.29 is 13.2 Å². The Morgan fingerprint density at radius 3 is 2.68 bits per heavy atom. The molecule has 10 nitrogen and oxygen atoms in total. The molecule has 2 unspecified atom stereocenters. The minimum absolute atomic E-state index is 0.0929. The number of amides is 1. The number of pyridine rings is 1. The molecule has 2 saturated carbocycles. The molecular formula is C27H29N7O3S. The molecule has 38 heavy (non-hydrogen) atoms. The topological polar surface area (TPSA) is 144 Å². The lowest BCUT2D eigenvalue weighted by Crippen LogP contribution is -2.20. The molecular weight excluding hydrogens is 502 g/mol. The van der Waals surface area contributed by atoms with Gasteiger partial charge in [-0.2, -0.15) is 0 Å². The van der Waals surface area contributed by atoms with Gasteiger partial charge in [-0.3, -0.25) is 4.79 Å². The zero-order valence-electron chi connectivity index (χ0n) is 21.1. The SMILES string of the molecule is Cc1ccnc(C2C[C@@H]2C(=O)Nc2cc(NC(C)c3cn4cc(C5CC5)ccc4n3)ccc2S(N)(=O)=O)n1. The summed E-state index contributed by atoms with van der Waals surface area (Å²) < 4.78 is 26.5. The van der Waals surface area contributed by atoms with Crippen LogP contribution in [-0.4, -0.2) is 33.7 Å². The van der Waals surface area contributed by atoms with Crippen LogP contribution in [0.3, 0.4) is 0 Å². The molecule has 6 rings (SSSR count). The first kappa shape index (κ1) is 24.5. The normalized spacial score (nSPS) is 19.8. The van der Waals surface area contributed by atoms with Crippen molar-refractivity contribution in [3.63, 3.8) is 0 Å². The molecule has 4 aromatic rings. The van der Waals surface area contributed by atoms with Crippen LogP contribution in [0.15, 0.2) is 59.9 Å². The summed E-state index contributed by atoms with van der Waals surface area (Å²) >= 11 is 0. The lowest BCUT2D eigenvalue weighted by Gasteiger charge is -2.16. The number of imidazole rings is 1. The number of sulfonamides is 1. The number of fused-ring (bicyclic) bond motifs is 1. The van der Waals surface area contributed by atoms with Crippen molar-refractivity contribution in [2.45, 2.75) is 55.9 Å². The third kappa shape index (κ3) is 4.99. The number of nitrogens with two attached hydrogens (primary N) is 1. The molecule has 0 aliphatic heterocycles. The van der Waals surface area contributed by atoms with Crippen LogP contribution < -0.4 is 15.8 Å². The summed E-state index contributed by atoms with van der Waals surface area (Å²) in [5.41, 5.74) is 4.64. The van der Waals surface area contributed by atoms with Crippen LogP contribution >= 0.6 is 0 Å². The highest BCUT2D eigenvalue weighted by atomic mass is 32.2. The molecule has 196 valence electrons. The molecule has 2 aliphatic rings. The quantitative estimate of drug-likeness (QED) is 0.313. The predicted molar refractivity (Wildman–Crippen MR) is 143 cm³/mol. The Hall–Kier alpha value is -3.83. The number of aromatic nitrogens is 4. The number of carbonyl (C=O) groups is 1. The average Bonchev–Trinajstić information content (AvgIpc) is 3.79. The number of nitrogens with zero attached hydrogens (tertiary/aromatic N) is 4. The maximum atomic E-state index is 13.0. The molecule has 3 heterocycles. The minimum atomic E-state index is -4.06. The smallest absolute Gasteiger partial charge is 0.240 e. The summed E-state index contributed by atoms with van der Waals surface area (Å²) in [5, 5.41) is 11.6. The third-order valence-electron chi connectivity index (χ3n) is 7.18. The lowest BCUT2D eigenvalue weighted by atomic mass is 10.2. The summed E-state index contributed by atoms with van der Waals surface area (Å²) in [6.07, 6.45) is 8.89. The van der Waals surface area contributed by atoms with Crippen molar-refractivity contribution in [2.24, 2.45) is 11.1 Å². The number of anilines is 2. The van der Waals surface area contributed by atoms with E-state index < -0.39 is 10.0 Å². The van der Waals surface area contributed by atoms with Crippen molar-refractivity contribution in [1.82, 2.24) is 19.4 Å². The highest BCUT2D eigenvalue weighted by molar-refractivity contribution is 7.89. The maximum absolute atomic E-state index is 13.0. The van der Waals surface area contributed by atoms with E-state index in [4.69, 9.17) is 10.1 Å². The standard InChI is InChI=1S/C27H29N7O3S/c1-15-9-10-29-26(30-15)20-12-21(20)27(35)33-22-11-19(6-7-24(22)38(28,36)37)31-16(2)23-14-34-13-18(17-3-4-17)5-8-25(34)32-23/h5-11,13-14,16-17,20-21,31H,3-4,12H2,1-2H3,(H,33,35)(H2,28,36,37)/t16?,20?,21-/m0/s1. The van der Waals surface area contributed by atoms with Gasteiger partial charge < -0.3 is 15.0 Å². The molecule has 0 radical (unpaired) electrons. The monoisotopic (exact) mass is 531 g/mol. The van der Waals surface area contributed by atoms with E-state index in [1.54, 1.807) is 24.4 Å². The number of benzene rings is 1. The van der Waals surface area contributed by atoms with Gasteiger partial charge in [0, 0.05) is 41.8 Å². The zero-order chi connectivity index (χ0) is 26.6. The number of carbonyl (C=O) groups excluding carboxylic acids is 1. The van der Waals surface area contributed by atoms with E-state index in [2.05, 4.69) is 32.9 Å². The van der Waals surface area contributed by atoms with Crippen molar-refractivity contribution in [3.8, 4) is 0 Å². The van der Waals surface area contributed by atoms with Gasteiger partial charge in [-0.05, 0) is 74.9 Å². The summed E-state index contributed by atoms with van der Waals surface area (Å²) in [5.74, 6) is 0.561. The molecule has 0 spiro atoms. The Kier molecular flexibility index (Phi) is 5.92. The van der Waals surface area contributed by atoms with Gasteiger partial charge in [-0.1, -0.05) is 6.07 Å². The Labute approximate surface area is 220 Å². The van der Waals surface area contributed by atoms with Gasteiger partial charge in [0.25, 0.3) is 0 Å². The second-order valence-electron chi connectivity index (χ2n) is 10.3. The van der Waals surface area contributed by atoms with E-state index in [0.717, 1.165) is 17.0 Å². The summed E-state index contributed by atoms with van der Waals surface area (Å²) in [4.78, 5) is 26.3. The fourth-order valence-electron chi connectivity index (χ4n) is 4.83. The van der Waals surface area contributed by atoms with Crippen LogP contribution in [0.1, 0.15) is 66.8 Å². The first-order valence-electron chi connectivity index (χ1n) is 12.7. The number of aryl methyl sites for hydroxylation is 1. The third-order valence-corrected chi connectivity index (χ3v) is 8.15. The van der Waals surface area contributed by atoms with Crippen molar-refractivity contribution in [3.05, 3.63) is 77.8 Å². The Balaban J connectivity index is 1.20. The number of primary sulfonamides is 1. The number of rotatable bonds is 8. The number of nitrogens with one attached hydrogen (secondary N) is 2. The Morgan fingerprint density at radius 1 is 1.13 bits per heavy atom. The average molecular weight is 532 g/mol. The van der Waals surface area contributed by atoms with Gasteiger partial charge >= 0.3 is 0 Å². The molecule has 11 heteroatoms. The first-order chi connectivity index (χ1) is 18.2. The number of hydrogen-bond donors (Lipinski definition) is 3. The minimum Gasteiger partial charge on any atom is -0.377 e. The first-order valence-corrected chi connectivity index (χ1v) is 14.2. The van der Waals surface area contributed by atoms with Gasteiger partial charge in [0.05, 0.1) is 17.4 Å². The summed E-state index contributed by atoms with van der Waals surface area (Å²) in [7, 11) is -4.06. The van der Waals surface area contributed by atoms with E-state index in [9.17, 15) is 13.2 Å². The van der Waals surface area contributed by atoms with Crippen molar-refractivity contribution in [2.75, 3.05) is 10.6 Å². The molecule has 2 aliphatic carbocycles. The molecule has 1 aromatic carbocycles. The van der Waals surface area contributed by atoms with E-state index in [1.165, 1.54) is 24.5 Å². The molecule has 1 amide bonds. The maximum Gasteiger partial charge on any atom is 0.240 e. The van der Waals surface area contributed by atoms with E-state index >= 15 is 0 Å². The van der Waals surface area contributed by atoms with Crippen LogP contribution in [0.25, 0.3) is 5.65 Å². The molecule has 2 fully saturated rings. The lowest BCUT2D eigenvalue weighted by molar-refractivity contribution is -0.117. The van der Waals surface area contributed by atoms with Crippen LogP contribution in [0.2, 0.25) is 0 Å². The highest BCUT2D eigenvalue weighted by Gasteiger charge is 2.46. The fourth-order valence-corrected chi connectivity index (χ4v) is 5.50. The van der Waals surface area contributed by atoms with Crippen LogP contribution in [-0.2, 0) is 14.8 Å². The molecule has 4 N–H and O–H groups in total. The Bertz CT molecular complexity index is 1660. The zero-order valence-corrected chi connectivity index (χ0v) is 21.9. The van der Waals surface area contributed by atoms with Crippen LogP contribution in [0.4, 0.5) is 11.4 Å². The predicted octanol–water partition coefficient (Wildman–Crippen LogP) is 3.87. The second kappa shape index (κ2) is 9.17. The Morgan fingerprint density at radius 2 is 1.95 bits per heavy atom. The molecule has 3 aromatic heterocycles. The molecule has 0 bridgehead atoms. The van der Waals surface area contributed by atoms with Gasteiger partial charge in [-0.15, -0.1) is 0 Å². The van der Waals surface area contributed by atoms with Crippen LogP contribution in [0, 0.1) is 12.8 Å². The van der Waals surface area contributed by atoms with E-state index in [1.807, 2.05) is 30.5 Å². The van der Waals surface area contributed by atoms with Crippen LogP contribution in [0.5, 0.6) is 0 Å². The largest absolute Gasteiger partial charge is 0.377 e. The fraction of sp³-hybridized carbons (Fsp3) is 0.333. The van der Waals surface area contributed by atoms with Gasteiger partial charge in [-0.25, -0.2) is 28.5 Å². The summed E-state index contributed by atoms with van der Waals surface area (Å²) in [6, 6.07) is 10.4. The van der Waals surface area contributed by atoms with Gasteiger partial charge in [0.15, 0.2) is 0 Å². The number of hydrogen-bond acceptors (Lipinski definition) is 7. The van der Waals surface area contributed by atoms with E-state index in [0.29, 0.717) is 23.9 Å². The highest BCUT2D eigenvalue weighted by Crippen LogP contribution is 2.47. The summed E-state index contributed by atoms with van der Waals surface area (Å²) in [6.45, 7) is 3.85. The molecule has 3 atom stereocenters. The van der Waals surface area contributed by atoms with Crippen molar-refractivity contribution in [1.29, 1.82) is 0 Å². The van der Waals surface area contributed by atoms with E-state index in [-0.39, 0.29) is 34.4 Å². The molecule has 0 saturated heterocycles. The van der Waals surface area contributed by atoms with Crippen molar-refractivity contribution >= 4 is 33.0 Å². The second-order valence-corrected chi connectivity index (χ2v) is 11.8.